The van der Waals surface area contributed by atoms with Gasteiger partial charge in [0, 0.05) is 20.6 Å². The van der Waals surface area contributed by atoms with Crippen LogP contribution in [0.3, 0.4) is 0 Å². The van der Waals surface area contributed by atoms with Gasteiger partial charge in [-0.05, 0) is 35.4 Å². The zero-order valence-corrected chi connectivity index (χ0v) is 20.6. The van der Waals surface area contributed by atoms with Gasteiger partial charge in [0.25, 0.3) is 0 Å². The zero-order chi connectivity index (χ0) is 24.6. The quantitative estimate of drug-likeness (QED) is 0.256. The Balaban J connectivity index is 1.66. The fourth-order valence-corrected chi connectivity index (χ4v) is 4.28. The number of methoxy groups -OCH3 is 1. The molecule has 1 unspecified atom stereocenters. The minimum Gasteiger partial charge on any atom is -0.497 e. The summed E-state index contributed by atoms with van der Waals surface area (Å²) in [5, 5.41) is 9.75. The molecule has 0 aliphatic heterocycles. The molecule has 0 saturated carbocycles. The van der Waals surface area contributed by atoms with Crippen LogP contribution in [0.4, 0.5) is 0 Å². The van der Waals surface area contributed by atoms with Gasteiger partial charge in [-0.3, -0.25) is 23.3 Å². The largest absolute Gasteiger partial charge is 0.497 e. The van der Waals surface area contributed by atoms with Gasteiger partial charge in [-0.1, -0.05) is 35.6 Å². The van der Waals surface area contributed by atoms with E-state index in [1.807, 2.05) is 24.3 Å². The van der Waals surface area contributed by atoms with Gasteiger partial charge in [-0.25, -0.2) is 4.57 Å². The molecule has 0 aliphatic carbocycles. The van der Waals surface area contributed by atoms with Gasteiger partial charge in [0.15, 0.2) is 6.79 Å². The van der Waals surface area contributed by atoms with Crippen molar-refractivity contribution < 1.29 is 37.5 Å². The molecule has 0 amide bonds. The van der Waals surface area contributed by atoms with Crippen LogP contribution in [0.1, 0.15) is 22.1 Å². The van der Waals surface area contributed by atoms with Gasteiger partial charge in [-0.2, -0.15) is 0 Å². The molecule has 0 fully saturated rings. The van der Waals surface area contributed by atoms with Crippen molar-refractivity contribution in [1.82, 2.24) is 4.98 Å². The highest BCUT2D eigenvalue weighted by molar-refractivity contribution is 7.48. The Labute approximate surface area is 200 Å². The van der Waals surface area contributed by atoms with Crippen molar-refractivity contribution >= 4 is 19.2 Å². The Kier molecular flexibility index (Phi) is 9.28. The Morgan fingerprint density at radius 2 is 1.79 bits per heavy atom. The van der Waals surface area contributed by atoms with E-state index in [1.54, 1.807) is 31.4 Å². The van der Waals surface area contributed by atoms with Crippen molar-refractivity contribution in [3.05, 3.63) is 74.2 Å². The number of phosphoric acid groups is 1. The lowest BCUT2D eigenvalue weighted by Gasteiger charge is -2.21. The summed E-state index contributed by atoms with van der Waals surface area (Å²) in [7, 11) is 0.311. The monoisotopic (exact) mass is 511 g/mol. The molecule has 1 heterocycles. The van der Waals surface area contributed by atoms with Crippen LogP contribution in [0, 0.1) is 0 Å². The van der Waals surface area contributed by atoms with Gasteiger partial charge in [0.1, 0.15) is 24.2 Å². The second-order valence-corrected chi connectivity index (χ2v) is 9.86. The number of aromatic nitrogens is 1. The highest BCUT2D eigenvalue weighted by atomic mass is 32.1. The first-order valence-electron chi connectivity index (χ1n) is 10.1. The zero-order valence-electron chi connectivity index (χ0n) is 18.9. The maximum atomic E-state index is 12.1. The van der Waals surface area contributed by atoms with Crippen LogP contribution in [0.2, 0.25) is 0 Å². The molecule has 0 aliphatic rings. The lowest BCUT2D eigenvalue weighted by molar-refractivity contribution is -0.0668. The molecule has 0 spiro atoms. The summed E-state index contributed by atoms with van der Waals surface area (Å²) in [4.78, 5) is 14.0. The van der Waals surface area contributed by atoms with Crippen LogP contribution in [-0.2, 0) is 29.3 Å². The fraction of sp³-hybridized carbons (Fsp3) is 0.318. The van der Waals surface area contributed by atoms with Crippen molar-refractivity contribution in [2.75, 3.05) is 34.7 Å². The average molecular weight is 511 g/mol. The molecular weight excluding hydrogens is 485 g/mol. The van der Waals surface area contributed by atoms with Crippen LogP contribution in [0.25, 0.3) is 0 Å². The third kappa shape index (κ3) is 7.17. The molecule has 12 heteroatoms. The molecule has 1 aromatic heterocycles. The first-order valence-corrected chi connectivity index (χ1v) is 12.4. The number of benzene rings is 2. The van der Waals surface area contributed by atoms with E-state index in [4.69, 9.17) is 27.8 Å². The third-order valence-corrected chi connectivity index (χ3v) is 6.97. The van der Waals surface area contributed by atoms with Crippen LogP contribution >= 0.6 is 19.2 Å². The Morgan fingerprint density at radius 3 is 2.41 bits per heavy atom. The fourth-order valence-electron chi connectivity index (χ4n) is 2.97. The molecule has 0 saturated heterocycles. The minimum atomic E-state index is -3.69. The maximum Gasteiger partial charge on any atom is 0.476 e. The molecular formula is C22H26NO9PS. The van der Waals surface area contributed by atoms with Gasteiger partial charge in [-0.15, -0.1) is 0 Å². The van der Waals surface area contributed by atoms with Crippen molar-refractivity contribution in [1.29, 1.82) is 0 Å². The molecule has 2 aromatic carbocycles. The Hall–Kier alpha value is -2.66. The molecule has 184 valence electrons. The standard InChI is InChI=1S/C22H26NO9PS/c1-27-18-6-4-5-16(12-18)19(31-14-32-33(26,28-2)29-3)13-30-17-9-7-15(8-10-17)11-20-21(24)23-22(25)34-20/h4-10,12,19,24H,11,13-14H2,1-3H3,(H,23,25). The summed E-state index contributed by atoms with van der Waals surface area (Å²) in [5.74, 6) is 1.13. The van der Waals surface area contributed by atoms with Gasteiger partial charge < -0.3 is 19.3 Å². The second-order valence-electron chi connectivity index (χ2n) is 6.91. The Morgan fingerprint density at radius 1 is 1.06 bits per heavy atom. The number of H-pyrrole nitrogens is 1. The number of aromatic hydroxyl groups is 1. The maximum absolute atomic E-state index is 12.1. The summed E-state index contributed by atoms with van der Waals surface area (Å²) in [6.45, 7) is -0.230. The minimum absolute atomic E-state index is 0.109. The predicted molar refractivity (Wildman–Crippen MR) is 126 cm³/mol. The second kappa shape index (κ2) is 12.2. The normalized spacial score (nSPS) is 12.4. The van der Waals surface area contributed by atoms with E-state index in [-0.39, 0.29) is 24.2 Å². The van der Waals surface area contributed by atoms with E-state index in [0.717, 1.165) is 22.5 Å². The summed E-state index contributed by atoms with van der Waals surface area (Å²) in [5.41, 5.74) is 1.67. The molecule has 0 radical (unpaired) electrons. The van der Waals surface area contributed by atoms with Crippen molar-refractivity contribution in [3.8, 4) is 17.4 Å². The van der Waals surface area contributed by atoms with Gasteiger partial charge in [0.05, 0.1) is 12.0 Å². The van der Waals surface area contributed by atoms with E-state index in [1.165, 1.54) is 14.2 Å². The smallest absolute Gasteiger partial charge is 0.476 e. The lowest BCUT2D eigenvalue weighted by Crippen LogP contribution is -2.16. The number of nitrogens with one attached hydrogen (secondary N) is 1. The third-order valence-electron chi connectivity index (χ3n) is 4.78. The van der Waals surface area contributed by atoms with Crippen molar-refractivity contribution in [2.24, 2.45) is 0 Å². The van der Waals surface area contributed by atoms with E-state index in [2.05, 4.69) is 4.98 Å². The van der Waals surface area contributed by atoms with Crippen molar-refractivity contribution in [2.45, 2.75) is 12.5 Å². The number of thiazole rings is 1. The van der Waals surface area contributed by atoms with Gasteiger partial charge >= 0.3 is 12.7 Å². The first kappa shape index (κ1) is 26.0. The van der Waals surface area contributed by atoms with Crippen LogP contribution < -0.4 is 14.3 Å². The van der Waals surface area contributed by atoms with Crippen LogP contribution in [0.5, 0.6) is 17.4 Å². The van der Waals surface area contributed by atoms with Crippen molar-refractivity contribution in [3.63, 3.8) is 0 Å². The summed E-state index contributed by atoms with van der Waals surface area (Å²) in [6.07, 6.45) is -0.160. The molecule has 3 aromatic rings. The molecule has 34 heavy (non-hydrogen) atoms. The van der Waals surface area contributed by atoms with E-state index >= 15 is 0 Å². The van der Waals surface area contributed by atoms with E-state index < -0.39 is 13.9 Å². The Bertz CT molecular complexity index is 1150. The SMILES string of the molecule is COc1cccc(C(COc2ccc(Cc3sc(=O)[nH]c3O)cc2)OCOP(=O)(OC)OC)c1. The number of aromatic amines is 1. The van der Waals surface area contributed by atoms with Gasteiger partial charge in [0.2, 0.25) is 5.88 Å². The number of phosphoric ester groups is 1. The molecule has 1 atom stereocenters. The highest BCUT2D eigenvalue weighted by Gasteiger charge is 2.24. The summed E-state index contributed by atoms with van der Waals surface area (Å²) in [6, 6.07) is 14.5. The molecule has 10 nitrogen and oxygen atoms in total. The van der Waals surface area contributed by atoms with Crippen LogP contribution in [0.15, 0.2) is 53.3 Å². The lowest BCUT2D eigenvalue weighted by atomic mass is 10.1. The first-order chi connectivity index (χ1) is 16.4. The number of rotatable bonds is 13. The van der Waals surface area contributed by atoms with Crippen LogP contribution in [-0.4, -0.2) is 44.8 Å². The molecule has 2 N–H and O–H groups in total. The molecule has 3 rings (SSSR count). The average Bonchev–Trinajstić information content (AvgIpc) is 3.18. The molecule has 0 bridgehead atoms. The van der Waals surface area contributed by atoms with E-state index in [9.17, 15) is 14.5 Å². The number of ether oxygens (including phenoxy) is 3. The topological polar surface area (TPSA) is 126 Å². The summed E-state index contributed by atoms with van der Waals surface area (Å²) < 4.78 is 43.7. The number of hydrogen-bond acceptors (Lipinski definition) is 10. The summed E-state index contributed by atoms with van der Waals surface area (Å²) >= 11 is 0.972. The predicted octanol–water partition coefficient (Wildman–Crippen LogP) is 4.25. The number of hydrogen-bond donors (Lipinski definition) is 2. The van der Waals surface area contributed by atoms with E-state index in [0.29, 0.717) is 22.8 Å². The highest BCUT2D eigenvalue weighted by Crippen LogP contribution is 2.47.